The van der Waals surface area contributed by atoms with Crippen LogP contribution in [-0.4, -0.2) is 27.7 Å². The molecule has 0 spiro atoms. The first-order valence-electron chi connectivity index (χ1n) is 5.82. The second-order valence-electron chi connectivity index (χ2n) is 4.26. The molecule has 5 nitrogen and oxygen atoms in total. The normalized spacial score (nSPS) is 17.1. The molecule has 1 heterocycles. The topological polar surface area (TPSA) is 79.2 Å². The van der Waals surface area contributed by atoms with E-state index in [2.05, 4.69) is 4.72 Å². The molecule has 1 fully saturated rings. The van der Waals surface area contributed by atoms with Crippen molar-refractivity contribution in [3.05, 3.63) is 28.8 Å². The zero-order chi connectivity index (χ0) is 13.9. The predicted octanol–water partition coefficient (Wildman–Crippen LogP) is 1.67. The fraction of sp³-hybridized carbons (Fsp3) is 0.417. The van der Waals surface area contributed by atoms with E-state index in [-0.39, 0.29) is 21.5 Å². The summed E-state index contributed by atoms with van der Waals surface area (Å²) in [4.78, 5) is -0.0558. The summed E-state index contributed by atoms with van der Waals surface area (Å²) in [6.45, 7) is 1.08. The van der Waals surface area contributed by atoms with Crippen LogP contribution in [0.2, 0.25) is 5.02 Å². The Morgan fingerprint density at radius 1 is 1.37 bits per heavy atom. The summed E-state index contributed by atoms with van der Waals surface area (Å²) in [6, 6.07) is 5.93. The molecular formula is C12H13ClN2O3S. The van der Waals surface area contributed by atoms with Crippen LogP contribution >= 0.6 is 11.6 Å². The summed E-state index contributed by atoms with van der Waals surface area (Å²) in [7, 11) is -3.71. The van der Waals surface area contributed by atoms with E-state index in [1.807, 2.05) is 6.07 Å². The summed E-state index contributed by atoms with van der Waals surface area (Å²) in [5.74, 6) is 0. The summed E-state index contributed by atoms with van der Waals surface area (Å²) < 4.78 is 32.3. The Labute approximate surface area is 117 Å². The van der Waals surface area contributed by atoms with Crippen molar-refractivity contribution >= 4 is 21.6 Å². The Hall–Kier alpha value is -1.13. The third-order valence-electron chi connectivity index (χ3n) is 2.89. The lowest BCUT2D eigenvalue weighted by molar-refractivity contribution is 0.0832. The molecule has 0 aromatic heterocycles. The second kappa shape index (κ2) is 5.88. The van der Waals surface area contributed by atoms with Crippen molar-refractivity contribution in [1.82, 2.24) is 4.72 Å². The smallest absolute Gasteiger partial charge is 0.242 e. The molecule has 0 atom stereocenters. The van der Waals surface area contributed by atoms with Crippen molar-refractivity contribution < 1.29 is 13.2 Å². The lowest BCUT2D eigenvalue weighted by atomic mass is 10.1. The Kier molecular flexibility index (Phi) is 4.42. The van der Waals surface area contributed by atoms with Gasteiger partial charge in [0.05, 0.1) is 16.7 Å². The number of rotatable bonds is 3. The molecule has 1 N–H and O–H groups in total. The van der Waals surface area contributed by atoms with Crippen molar-refractivity contribution in [2.24, 2.45) is 0 Å². The third kappa shape index (κ3) is 3.45. The maximum atomic E-state index is 12.2. The lowest BCUT2D eigenvalue weighted by Gasteiger charge is -2.23. The van der Waals surface area contributed by atoms with Crippen LogP contribution in [-0.2, 0) is 14.8 Å². The molecule has 1 aromatic carbocycles. The molecule has 7 heteroatoms. The third-order valence-corrected chi connectivity index (χ3v) is 4.90. The molecule has 0 unspecified atom stereocenters. The van der Waals surface area contributed by atoms with Gasteiger partial charge in [-0.3, -0.25) is 0 Å². The number of halogens is 1. The molecule has 1 aliphatic rings. The van der Waals surface area contributed by atoms with Gasteiger partial charge in [-0.1, -0.05) is 11.6 Å². The average Bonchev–Trinajstić information content (AvgIpc) is 2.39. The van der Waals surface area contributed by atoms with Crippen LogP contribution in [0.4, 0.5) is 0 Å². The van der Waals surface area contributed by atoms with Crippen LogP contribution in [0, 0.1) is 11.3 Å². The molecule has 0 saturated carbocycles. The predicted molar refractivity (Wildman–Crippen MR) is 70.3 cm³/mol. The quantitative estimate of drug-likeness (QED) is 0.921. The van der Waals surface area contributed by atoms with E-state index < -0.39 is 10.0 Å². The molecule has 2 rings (SSSR count). The van der Waals surface area contributed by atoms with Gasteiger partial charge in [0.25, 0.3) is 0 Å². The molecular weight excluding hydrogens is 288 g/mol. The molecule has 1 aromatic rings. The maximum absolute atomic E-state index is 12.2. The second-order valence-corrected chi connectivity index (χ2v) is 6.35. The number of ether oxygens (including phenoxy) is 1. The van der Waals surface area contributed by atoms with E-state index in [0.29, 0.717) is 26.1 Å². The van der Waals surface area contributed by atoms with Crippen LogP contribution in [0.5, 0.6) is 0 Å². The van der Waals surface area contributed by atoms with Crippen LogP contribution in [0.25, 0.3) is 0 Å². The number of nitrogens with zero attached hydrogens (tertiary/aromatic N) is 1. The van der Waals surface area contributed by atoms with E-state index in [4.69, 9.17) is 21.6 Å². The Balaban J connectivity index is 2.26. The van der Waals surface area contributed by atoms with Crippen LogP contribution in [0.1, 0.15) is 18.4 Å². The molecule has 1 aliphatic heterocycles. The lowest BCUT2D eigenvalue weighted by Crippen LogP contribution is -2.38. The van der Waals surface area contributed by atoms with Gasteiger partial charge in [-0.15, -0.1) is 0 Å². The molecule has 0 radical (unpaired) electrons. The zero-order valence-electron chi connectivity index (χ0n) is 10.1. The summed E-state index contributed by atoms with van der Waals surface area (Å²) >= 11 is 5.90. The van der Waals surface area contributed by atoms with E-state index in [0.717, 1.165) is 0 Å². The number of hydrogen-bond donors (Lipinski definition) is 1. The minimum atomic E-state index is -3.71. The number of sulfonamides is 1. The number of nitrogens with one attached hydrogen (secondary N) is 1. The highest BCUT2D eigenvalue weighted by molar-refractivity contribution is 7.89. The number of nitriles is 1. The fourth-order valence-corrected chi connectivity index (χ4v) is 3.71. The van der Waals surface area contributed by atoms with Gasteiger partial charge in [0.15, 0.2) is 0 Å². The Bertz CT molecular complexity index is 604. The van der Waals surface area contributed by atoms with E-state index in [1.54, 1.807) is 0 Å². The van der Waals surface area contributed by atoms with E-state index in [1.165, 1.54) is 18.2 Å². The summed E-state index contributed by atoms with van der Waals surface area (Å²) in [5, 5.41) is 8.93. The van der Waals surface area contributed by atoms with Gasteiger partial charge in [0, 0.05) is 19.3 Å². The molecule has 0 aliphatic carbocycles. The minimum absolute atomic E-state index is 0.0558. The van der Waals surface area contributed by atoms with Gasteiger partial charge < -0.3 is 4.74 Å². The van der Waals surface area contributed by atoms with Crippen molar-refractivity contribution in [1.29, 1.82) is 5.26 Å². The Morgan fingerprint density at radius 3 is 2.68 bits per heavy atom. The van der Waals surface area contributed by atoms with Gasteiger partial charge in [0.1, 0.15) is 4.90 Å². The molecule has 0 bridgehead atoms. The summed E-state index contributed by atoms with van der Waals surface area (Å²) in [5.41, 5.74) is 0.261. The average molecular weight is 301 g/mol. The van der Waals surface area contributed by atoms with Gasteiger partial charge in [-0.05, 0) is 31.0 Å². The van der Waals surface area contributed by atoms with Crippen molar-refractivity contribution in [2.75, 3.05) is 13.2 Å². The van der Waals surface area contributed by atoms with Crippen molar-refractivity contribution in [3.63, 3.8) is 0 Å². The first kappa shape index (κ1) is 14.3. The number of benzene rings is 1. The molecule has 1 saturated heterocycles. The summed E-state index contributed by atoms with van der Waals surface area (Å²) in [6.07, 6.45) is 1.27. The highest BCUT2D eigenvalue weighted by Crippen LogP contribution is 2.23. The van der Waals surface area contributed by atoms with Gasteiger partial charge in [-0.2, -0.15) is 5.26 Å². The minimum Gasteiger partial charge on any atom is -0.381 e. The number of hydrogen-bond acceptors (Lipinski definition) is 4. The van der Waals surface area contributed by atoms with E-state index >= 15 is 0 Å². The Morgan fingerprint density at radius 2 is 2.05 bits per heavy atom. The van der Waals surface area contributed by atoms with Gasteiger partial charge in [-0.25, -0.2) is 13.1 Å². The van der Waals surface area contributed by atoms with Gasteiger partial charge in [0.2, 0.25) is 10.0 Å². The van der Waals surface area contributed by atoms with Crippen LogP contribution < -0.4 is 4.72 Å². The molecule has 0 amide bonds. The van der Waals surface area contributed by atoms with E-state index in [9.17, 15) is 8.42 Å². The first-order chi connectivity index (χ1) is 9.03. The van der Waals surface area contributed by atoms with Crippen molar-refractivity contribution in [2.45, 2.75) is 23.8 Å². The molecule has 19 heavy (non-hydrogen) atoms. The maximum Gasteiger partial charge on any atom is 0.242 e. The highest BCUT2D eigenvalue weighted by atomic mass is 35.5. The standard InChI is InChI=1S/C12H13ClN2O3S/c13-11-2-1-9(8-14)7-12(11)19(16,17)15-10-3-5-18-6-4-10/h1-2,7,10,15H,3-6H2. The van der Waals surface area contributed by atoms with Crippen LogP contribution in [0.3, 0.4) is 0 Å². The van der Waals surface area contributed by atoms with Crippen LogP contribution in [0.15, 0.2) is 23.1 Å². The van der Waals surface area contributed by atoms with Crippen molar-refractivity contribution in [3.8, 4) is 6.07 Å². The first-order valence-corrected chi connectivity index (χ1v) is 7.69. The molecule has 102 valence electrons. The fourth-order valence-electron chi connectivity index (χ4n) is 1.88. The SMILES string of the molecule is N#Cc1ccc(Cl)c(S(=O)(=O)NC2CCOCC2)c1. The van der Waals surface area contributed by atoms with Gasteiger partial charge >= 0.3 is 0 Å². The highest BCUT2D eigenvalue weighted by Gasteiger charge is 2.24. The largest absolute Gasteiger partial charge is 0.381 e. The zero-order valence-corrected chi connectivity index (χ0v) is 11.7. The monoisotopic (exact) mass is 300 g/mol.